The summed E-state index contributed by atoms with van der Waals surface area (Å²) in [6.45, 7) is 0. The molecule has 0 saturated heterocycles. The number of hydrogen-bond acceptors (Lipinski definition) is 3. The van der Waals surface area contributed by atoms with E-state index < -0.39 is 34.7 Å². The van der Waals surface area contributed by atoms with Gasteiger partial charge in [0, 0.05) is 6.07 Å². The van der Waals surface area contributed by atoms with Crippen molar-refractivity contribution < 1.29 is 28.5 Å². The number of carbonyl (C=O) groups is 1. The van der Waals surface area contributed by atoms with Gasteiger partial charge in [-0.2, -0.15) is 4.39 Å². The average Bonchev–Trinajstić information content (AvgIpc) is 2.14. The second-order valence-electron chi connectivity index (χ2n) is 2.41. The Kier molecular flexibility index (Phi) is 2.55. The van der Waals surface area contributed by atoms with Crippen LogP contribution in [0, 0.1) is 11.6 Å². The zero-order chi connectivity index (χ0) is 10.9. The molecule has 0 aliphatic rings. The van der Waals surface area contributed by atoms with Crippen molar-refractivity contribution in [1.29, 1.82) is 0 Å². The SMILES string of the molecule is COc1cc(C(=O)O)c(F)c(O)c1F. The first-order chi connectivity index (χ1) is 6.49. The minimum atomic E-state index is -1.61. The van der Waals surface area contributed by atoms with Gasteiger partial charge in [-0.15, -0.1) is 0 Å². The first-order valence-electron chi connectivity index (χ1n) is 3.47. The Morgan fingerprint density at radius 1 is 1.43 bits per heavy atom. The van der Waals surface area contributed by atoms with Crippen molar-refractivity contribution in [1.82, 2.24) is 0 Å². The lowest BCUT2D eigenvalue weighted by atomic mass is 10.2. The number of aromatic hydroxyl groups is 1. The van der Waals surface area contributed by atoms with Crippen LogP contribution >= 0.6 is 0 Å². The van der Waals surface area contributed by atoms with Crippen molar-refractivity contribution in [3.05, 3.63) is 23.3 Å². The summed E-state index contributed by atoms with van der Waals surface area (Å²) in [6, 6.07) is 0.659. The van der Waals surface area contributed by atoms with Gasteiger partial charge in [0.1, 0.15) is 5.56 Å². The van der Waals surface area contributed by atoms with E-state index in [4.69, 9.17) is 10.2 Å². The number of benzene rings is 1. The van der Waals surface area contributed by atoms with E-state index in [0.29, 0.717) is 6.07 Å². The highest BCUT2D eigenvalue weighted by molar-refractivity contribution is 5.89. The number of ether oxygens (including phenoxy) is 1. The molecule has 0 aliphatic carbocycles. The maximum atomic E-state index is 12.9. The zero-order valence-electron chi connectivity index (χ0n) is 7.04. The fraction of sp³-hybridized carbons (Fsp3) is 0.125. The largest absolute Gasteiger partial charge is 0.503 e. The van der Waals surface area contributed by atoms with Gasteiger partial charge in [0.25, 0.3) is 0 Å². The Bertz CT molecular complexity index is 389. The summed E-state index contributed by atoms with van der Waals surface area (Å²) in [5, 5.41) is 17.3. The van der Waals surface area contributed by atoms with Gasteiger partial charge in [-0.25, -0.2) is 9.18 Å². The lowest BCUT2D eigenvalue weighted by Crippen LogP contribution is -2.03. The molecule has 1 aromatic carbocycles. The highest BCUT2D eigenvalue weighted by atomic mass is 19.1. The number of halogens is 2. The topological polar surface area (TPSA) is 66.8 Å². The fourth-order valence-electron chi connectivity index (χ4n) is 0.903. The van der Waals surface area contributed by atoms with Crippen LogP contribution in [-0.2, 0) is 0 Å². The van der Waals surface area contributed by atoms with Gasteiger partial charge in [0.15, 0.2) is 17.3 Å². The summed E-state index contributed by atoms with van der Waals surface area (Å²) in [5.41, 5.74) is -0.847. The molecule has 0 radical (unpaired) electrons. The van der Waals surface area contributed by atoms with E-state index in [9.17, 15) is 13.6 Å². The molecular weight excluding hydrogens is 198 g/mol. The highest BCUT2D eigenvalue weighted by Gasteiger charge is 2.22. The van der Waals surface area contributed by atoms with Gasteiger partial charge in [-0.1, -0.05) is 0 Å². The maximum Gasteiger partial charge on any atom is 0.338 e. The van der Waals surface area contributed by atoms with E-state index in [0.717, 1.165) is 7.11 Å². The summed E-state index contributed by atoms with van der Waals surface area (Å²) in [5.74, 6) is -6.34. The second-order valence-corrected chi connectivity index (χ2v) is 2.41. The van der Waals surface area contributed by atoms with Crippen molar-refractivity contribution in [2.45, 2.75) is 0 Å². The minimum absolute atomic E-state index is 0.527. The maximum absolute atomic E-state index is 12.9. The summed E-state index contributed by atoms with van der Waals surface area (Å²) in [4.78, 5) is 10.4. The first kappa shape index (κ1) is 10.2. The van der Waals surface area contributed by atoms with Crippen LogP contribution < -0.4 is 4.74 Å². The number of carboxylic acid groups (broad SMARTS) is 1. The van der Waals surface area contributed by atoms with E-state index in [-0.39, 0.29) is 0 Å². The smallest absolute Gasteiger partial charge is 0.338 e. The van der Waals surface area contributed by atoms with Crippen LogP contribution in [0.2, 0.25) is 0 Å². The van der Waals surface area contributed by atoms with Gasteiger partial charge in [0.05, 0.1) is 7.11 Å². The molecule has 14 heavy (non-hydrogen) atoms. The van der Waals surface area contributed by atoms with Crippen molar-refractivity contribution >= 4 is 5.97 Å². The van der Waals surface area contributed by atoms with E-state index in [1.54, 1.807) is 0 Å². The van der Waals surface area contributed by atoms with Crippen molar-refractivity contribution in [3.63, 3.8) is 0 Å². The number of aromatic carboxylic acids is 1. The lowest BCUT2D eigenvalue weighted by Gasteiger charge is -2.06. The first-order valence-corrected chi connectivity index (χ1v) is 3.47. The number of rotatable bonds is 2. The normalized spacial score (nSPS) is 9.93. The molecule has 0 amide bonds. The third-order valence-electron chi connectivity index (χ3n) is 1.59. The van der Waals surface area contributed by atoms with Crippen LogP contribution in [0.3, 0.4) is 0 Å². The van der Waals surface area contributed by atoms with Crippen LogP contribution in [0.4, 0.5) is 8.78 Å². The predicted octanol–water partition coefficient (Wildman–Crippen LogP) is 1.38. The third-order valence-corrected chi connectivity index (χ3v) is 1.59. The Hall–Kier alpha value is -1.85. The number of methoxy groups -OCH3 is 1. The Morgan fingerprint density at radius 2 is 2.00 bits per heavy atom. The van der Waals surface area contributed by atoms with Crippen LogP contribution in [0.5, 0.6) is 11.5 Å². The molecule has 1 aromatic rings. The van der Waals surface area contributed by atoms with Crippen molar-refractivity contribution in [2.24, 2.45) is 0 Å². The monoisotopic (exact) mass is 204 g/mol. The molecule has 0 heterocycles. The number of phenolic OH excluding ortho intramolecular Hbond substituents is 1. The van der Waals surface area contributed by atoms with E-state index in [2.05, 4.69) is 4.74 Å². The van der Waals surface area contributed by atoms with Gasteiger partial charge < -0.3 is 14.9 Å². The Labute approximate surface area is 77.4 Å². The molecule has 0 unspecified atom stereocenters. The van der Waals surface area contributed by atoms with Gasteiger partial charge in [-0.05, 0) is 0 Å². The highest BCUT2D eigenvalue weighted by Crippen LogP contribution is 2.31. The Morgan fingerprint density at radius 3 is 2.43 bits per heavy atom. The molecule has 1 rings (SSSR count). The van der Waals surface area contributed by atoms with Crippen molar-refractivity contribution in [2.75, 3.05) is 7.11 Å². The predicted molar refractivity (Wildman–Crippen MR) is 41.5 cm³/mol. The Balaban J connectivity index is 3.48. The van der Waals surface area contributed by atoms with E-state index in [1.807, 2.05) is 0 Å². The summed E-state index contributed by atoms with van der Waals surface area (Å²) in [6.07, 6.45) is 0. The molecule has 4 nitrogen and oxygen atoms in total. The standard InChI is InChI=1S/C8H6F2O4/c1-14-4-2-3(8(12)13)5(9)7(11)6(4)10/h2,11H,1H3,(H,12,13). The van der Waals surface area contributed by atoms with Crippen molar-refractivity contribution in [3.8, 4) is 11.5 Å². The molecule has 0 bridgehead atoms. The molecule has 0 atom stereocenters. The van der Waals surface area contributed by atoms with Crippen LogP contribution in [-0.4, -0.2) is 23.3 Å². The van der Waals surface area contributed by atoms with Gasteiger partial charge in [-0.3, -0.25) is 0 Å². The minimum Gasteiger partial charge on any atom is -0.503 e. The van der Waals surface area contributed by atoms with Crippen LogP contribution in [0.25, 0.3) is 0 Å². The molecule has 6 heteroatoms. The van der Waals surface area contributed by atoms with E-state index >= 15 is 0 Å². The quantitative estimate of drug-likeness (QED) is 0.763. The van der Waals surface area contributed by atoms with Gasteiger partial charge in [0.2, 0.25) is 5.82 Å². The lowest BCUT2D eigenvalue weighted by molar-refractivity contribution is 0.0690. The third kappa shape index (κ3) is 1.46. The summed E-state index contributed by atoms with van der Waals surface area (Å²) < 4.78 is 30.2. The molecule has 0 spiro atoms. The summed E-state index contributed by atoms with van der Waals surface area (Å²) in [7, 11) is 1.07. The molecule has 0 fully saturated rings. The average molecular weight is 204 g/mol. The number of hydrogen-bond donors (Lipinski definition) is 2. The molecule has 0 aliphatic heterocycles. The molecular formula is C8H6F2O4. The van der Waals surface area contributed by atoms with E-state index in [1.165, 1.54) is 0 Å². The number of carboxylic acids is 1. The molecule has 76 valence electrons. The fourth-order valence-corrected chi connectivity index (χ4v) is 0.903. The van der Waals surface area contributed by atoms with Gasteiger partial charge >= 0.3 is 5.97 Å². The number of phenols is 1. The second kappa shape index (κ2) is 3.49. The molecule has 0 saturated carbocycles. The van der Waals surface area contributed by atoms with Crippen LogP contribution in [0.15, 0.2) is 6.07 Å². The molecule has 0 aromatic heterocycles. The van der Waals surface area contributed by atoms with Crippen LogP contribution in [0.1, 0.15) is 10.4 Å². The zero-order valence-corrected chi connectivity index (χ0v) is 7.04. The molecule has 2 N–H and O–H groups in total. The summed E-state index contributed by atoms with van der Waals surface area (Å²) >= 11 is 0.